The largest absolute Gasteiger partial charge is 0.522 e. The van der Waals surface area contributed by atoms with Gasteiger partial charge in [0.05, 0.1) is 11.7 Å². The van der Waals surface area contributed by atoms with Gasteiger partial charge in [0.25, 0.3) is 5.91 Å². The molecule has 3 fully saturated rings. The summed E-state index contributed by atoms with van der Waals surface area (Å²) in [5.74, 6) is -0.306. The molecule has 0 bridgehead atoms. The quantitative estimate of drug-likeness (QED) is 0.490. The van der Waals surface area contributed by atoms with Crippen LogP contribution in [0.3, 0.4) is 0 Å². The Morgan fingerprint density at radius 2 is 1.72 bits per heavy atom. The van der Waals surface area contributed by atoms with Crippen LogP contribution in [0.15, 0.2) is 24.3 Å². The Balaban J connectivity index is 1.20. The Morgan fingerprint density at radius 3 is 2.28 bits per heavy atom. The normalized spacial score (nSPS) is 23.8. The number of carbonyl (C=O) groups is 2. The standard InChI is InChI=1S/C23H27F6N3O4/c24-22(25,26)15-2-4-17(5-3-15)35-14-19(33)30-9-8-21(6-1-7-21)32-11-10-31(20(32)34)16-12-18(13-16)36-23(27,28)29/h2-5,16,18H,1,6-14H2,(H,30,33). The van der Waals surface area contributed by atoms with Crippen LogP contribution in [-0.4, -0.2) is 72.0 Å². The molecule has 0 radical (unpaired) electrons. The number of halogens is 6. The van der Waals surface area contributed by atoms with Gasteiger partial charge in [-0.1, -0.05) is 0 Å². The number of nitrogens with zero attached hydrogens (tertiary/aromatic N) is 2. The van der Waals surface area contributed by atoms with Gasteiger partial charge in [-0.3, -0.25) is 9.53 Å². The second kappa shape index (κ2) is 9.98. The molecule has 1 N–H and O–H groups in total. The van der Waals surface area contributed by atoms with Crippen LogP contribution in [0.1, 0.15) is 44.1 Å². The highest BCUT2D eigenvalue weighted by molar-refractivity contribution is 5.78. The van der Waals surface area contributed by atoms with Crippen LogP contribution < -0.4 is 10.1 Å². The van der Waals surface area contributed by atoms with Gasteiger partial charge >= 0.3 is 18.6 Å². The molecule has 0 spiro atoms. The zero-order valence-electron chi connectivity index (χ0n) is 19.3. The van der Waals surface area contributed by atoms with Gasteiger partial charge in [0.15, 0.2) is 6.61 Å². The smallest absolute Gasteiger partial charge is 0.484 e. The maximum Gasteiger partial charge on any atom is 0.522 e. The second-order valence-corrected chi connectivity index (χ2v) is 9.43. The van der Waals surface area contributed by atoms with E-state index >= 15 is 0 Å². The molecule has 4 rings (SSSR count). The van der Waals surface area contributed by atoms with Crippen LogP contribution in [0.5, 0.6) is 5.75 Å². The molecule has 2 aliphatic carbocycles. The van der Waals surface area contributed by atoms with Gasteiger partial charge in [0, 0.05) is 31.2 Å². The first-order chi connectivity index (χ1) is 16.9. The minimum Gasteiger partial charge on any atom is -0.484 e. The van der Waals surface area contributed by atoms with Gasteiger partial charge in [0.1, 0.15) is 5.75 Å². The Labute approximate surface area is 203 Å². The summed E-state index contributed by atoms with van der Waals surface area (Å²) in [7, 11) is 0. The van der Waals surface area contributed by atoms with E-state index in [9.17, 15) is 35.9 Å². The lowest BCUT2D eigenvalue weighted by Crippen LogP contribution is -2.58. The highest BCUT2D eigenvalue weighted by Crippen LogP contribution is 2.44. The van der Waals surface area contributed by atoms with Crippen molar-refractivity contribution >= 4 is 11.9 Å². The van der Waals surface area contributed by atoms with Crippen molar-refractivity contribution in [3.05, 3.63) is 29.8 Å². The number of nitrogens with one attached hydrogen (secondary N) is 1. The van der Waals surface area contributed by atoms with Gasteiger partial charge < -0.3 is 19.9 Å². The van der Waals surface area contributed by atoms with E-state index in [-0.39, 0.29) is 43.8 Å². The summed E-state index contributed by atoms with van der Waals surface area (Å²) in [4.78, 5) is 28.6. The summed E-state index contributed by atoms with van der Waals surface area (Å²) < 4.78 is 84.2. The molecular weight excluding hydrogens is 496 g/mol. The van der Waals surface area contributed by atoms with E-state index in [1.165, 1.54) is 0 Å². The molecule has 0 atom stereocenters. The maximum absolute atomic E-state index is 13.0. The number of alkyl halides is 6. The molecule has 1 aliphatic heterocycles. The predicted molar refractivity (Wildman–Crippen MR) is 114 cm³/mol. The zero-order chi connectivity index (χ0) is 26.1. The molecule has 1 heterocycles. The minimum atomic E-state index is -4.68. The first kappa shape index (κ1) is 26.4. The van der Waals surface area contributed by atoms with Crippen LogP contribution in [-0.2, 0) is 15.7 Å². The van der Waals surface area contributed by atoms with Crippen molar-refractivity contribution in [2.45, 2.75) is 68.7 Å². The number of hydrogen-bond acceptors (Lipinski definition) is 4. The monoisotopic (exact) mass is 523 g/mol. The van der Waals surface area contributed by atoms with Crippen molar-refractivity contribution in [3.8, 4) is 5.75 Å². The summed E-state index contributed by atoms with van der Waals surface area (Å²) in [5.41, 5.74) is -1.22. The van der Waals surface area contributed by atoms with E-state index in [0.29, 0.717) is 19.5 Å². The van der Waals surface area contributed by atoms with Crippen LogP contribution in [0.2, 0.25) is 0 Å². The zero-order valence-corrected chi connectivity index (χ0v) is 19.3. The summed E-state index contributed by atoms with van der Waals surface area (Å²) in [6, 6.07) is 3.57. The van der Waals surface area contributed by atoms with Crippen molar-refractivity contribution in [1.82, 2.24) is 15.1 Å². The number of ether oxygens (including phenoxy) is 2. The molecule has 7 nitrogen and oxygen atoms in total. The molecule has 3 amide bonds. The maximum atomic E-state index is 13.0. The highest BCUT2D eigenvalue weighted by Gasteiger charge is 2.51. The fourth-order valence-electron chi connectivity index (χ4n) is 5.02. The first-order valence-corrected chi connectivity index (χ1v) is 11.8. The predicted octanol–water partition coefficient (Wildman–Crippen LogP) is 4.32. The number of hydrogen-bond donors (Lipinski definition) is 1. The molecule has 1 aromatic carbocycles. The SMILES string of the molecule is O=C(COc1ccc(C(F)(F)F)cc1)NCCC1(N2CCN(C3CC(OC(F)(F)F)C3)C2=O)CCC1. The molecule has 3 aliphatic rings. The van der Waals surface area contributed by atoms with E-state index in [1.54, 1.807) is 9.80 Å². The Bertz CT molecular complexity index is 943. The van der Waals surface area contributed by atoms with Crippen molar-refractivity contribution in [2.75, 3.05) is 26.2 Å². The third-order valence-corrected chi connectivity index (χ3v) is 7.17. The molecule has 2 saturated carbocycles. The summed E-state index contributed by atoms with van der Waals surface area (Å²) >= 11 is 0. The van der Waals surface area contributed by atoms with Gasteiger partial charge in [-0.2, -0.15) is 13.2 Å². The molecule has 1 aromatic rings. The molecule has 13 heteroatoms. The summed E-state index contributed by atoms with van der Waals surface area (Å²) in [6.45, 7) is 0.837. The van der Waals surface area contributed by atoms with E-state index in [0.717, 1.165) is 43.5 Å². The van der Waals surface area contributed by atoms with Crippen LogP contribution >= 0.6 is 0 Å². The van der Waals surface area contributed by atoms with E-state index < -0.39 is 35.7 Å². The third-order valence-electron chi connectivity index (χ3n) is 7.17. The lowest BCUT2D eigenvalue weighted by atomic mass is 9.73. The molecule has 200 valence electrons. The lowest BCUT2D eigenvalue weighted by molar-refractivity contribution is -0.353. The van der Waals surface area contributed by atoms with Crippen molar-refractivity contribution < 1.29 is 45.4 Å². The van der Waals surface area contributed by atoms with E-state index in [1.807, 2.05) is 0 Å². The number of carbonyl (C=O) groups excluding carboxylic acids is 2. The van der Waals surface area contributed by atoms with Crippen molar-refractivity contribution in [1.29, 1.82) is 0 Å². The second-order valence-electron chi connectivity index (χ2n) is 9.43. The van der Waals surface area contributed by atoms with E-state index in [2.05, 4.69) is 10.1 Å². The Kier molecular flexibility index (Phi) is 7.31. The van der Waals surface area contributed by atoms with Crippen LogP contribution in [0.25, 0.3) is 0 Å². The Morgan fingerprint density at radius 1 is 1.06 bits per heavy atom. The average Bonchev–Trinajstić information content (AvgIpc) is 3.11. The third kappa shape index (κ3) is 5.98. The number of rotatable bonds is 9. The number of urea groups is 1. The number of amides is 3. The summed E-state index contributed by atoms with van der Waals surface area (Å²) in [6.07, 6.45) is -6.76. The van der Waals surface area contributed by atoms with Gasteiger partial charge in [-0.25, -0.2) is 4.79 Å². The topological polar surface area (TPSA) is 71.1 Å². The van der Waals surface area contributed by atoms with Gasteiger partial charge in [-0.05, 0) is 62.8 Å². The molecule has 36 heavy (non-hydrogen) atoms. The minimum absolute atomic E-state index is 0.134. The van der Waals surface area contributed by atoms with Crippen molar-refractivity contribution in [3.63, 3.8) is 0 Å². The lowest BCUT2D eigenvalue weighted by Gasteiger charge is -2.49. The molecular formula is C23H27F6N3O4. The van der Waals surface area contributed by atoms with Crippen molar-refractivity contribution in [2.24, 2.45) is 0 Å². The van der Waals surface area contributed by atoms with Crippen LogP contribution in [0, 0.1) is 0 Å². The van der Waals surface area contributed by atoms with Gasteiger partial charge in [0.2, 0.25) is 0 Å². The van der Waals surface area contributed by atoms with Gasteiger partial charge in [-0.15, -0.1) is 13.2 Å². The van der Waals surface area contributed by atoms with Crippen LogP contribution in [0.4, 0.5) is 31.1 Å². The summed E-state index contributed by atoms with van der Waals surface area (Å²) in [5, 5.41) is 2.72. The fraction of sp³-hybridized carbons (Fsp3) is 0.652. The van der Waals surface area contributed by atoms with E-state index in [4.69, 9.17) is 4.74 Å². The Hall–Kier alpha value is -2.70. The molecule has 0 unspecified atom stereocenters. The number of benzene rings is 1. The first-order valence-electron chi connectivity index (χ1n) is 11.8. The average molecular weight is 523 g/mol. The highest BCUT2D eigenvalue weighted by atomic mass is 19.4. The molecule has 1 saturated heterocycles. The molecule has 0 aromatic heterocycles. The fourth-order valence-corrected chi connectivity index (χ4v) is 5.02.